The Labute approximate surface area is 113 Å². The fraction of sp³-hybridized carbons (Fsp3) is 0.545. The molecule has 2 rings (SSSR count). The first-order chi connectivity index (χ1) is 9.45. The summed E-state index contributed by atoms with van der Waals surface area (Å²) in [5.74, 6) is 0.321. The molecule has 2 aromatic heterocycles. The number of aliphatic hydroxyl groups is 2. The van der Waals surface area contributed by atoms with Crippen molar-refractivity contribution in [1.82, 2.24) is 19.1 Å². The van der Waals surface area contributed by atoms with Crippen LogP contribution in [-0.2, 0) is 13.6 Å². The second-order valence-electron chi connectivity index (χ2n) is 4.53. The quantitative estimate of drug-likeness (QED) is 0.513. The molecule has 0 amide bonds. The summed E-state index contributed by atoms with van der Waals surface area (Å²) in [6.45, 7) is 1.81. The molecule has 1 unspecified atom stereocenters. The maximum absolute atomic E-state index is 11.9. The van der Waals surface area contributed by atoms with Gasteiger partial charge in [0.1, 0.15) is 0 Å². The van der Waals surface area contributed by atoms with Crippen molar-refractivity contribution in [2.75, 3.05) is 18.5 Å². The lowest BCUT2D eigenvalue weighted by molar-refractivity contribution is 0.208. The van der Waals surface area contributed by atoms with Gasteiger partial charge in [0, 0.05) is 20.1 Å². The standard InChI is InChI=1S/C11H17N5O4/c1-6(18)5-12-10-13-8-7(16(10)3-4-17)9(19)14-11(20)15(8)2/h6,17-18H,3-5H2,1-2H3,(H,12,13)(H,14,19,20). The number of imidazole rings is 1. The highest BCUT2D eigenvalue weighted by Crippen LogP contribution is 2.14. The van der Waals surface area contributed by atoms with Gasteiger partial charge >= 0.3 is 5.69 Å². The Balaban J connectivity index is 2.66. The van der Waals surface area contributed by atoms with E-state index in [4.69, 9.17) is 5.11 Å². The Morgan fingerprint density at radius 1 is 1.45 bits per heavy atom. The Morgan fingerprint density at radius 3 is 2.75 bits per heavy atom. The minimum Gasteiger partial charge on any atom is -0.395 e. The molecule has 0 aromatic carbocycles. The lowest BCUT2D eigenvalue weighted by atomic mass is 10.4. The summed E-state index contributed by atoms with van der Waals surface area (Å²) in [6, 6.07) is 0. The van der Waals surface area contributed by atoms with Crippen molar-refractivity contribution in [3.8, 4) is 0 Å². The molecule has 0 radical (unpaired) electrons. The Bertz CT molecular complexity index is 727. The smallest absolute Gasteiger partial charge is 0.329 e. The van der Waals surface area contributed by atoms with E-state index in [1.54, 1.807) is 6.92 Å². The minimum absolute atomic E-state index is 0.153. The molecule has 0 aliphatic heterocycles. The molecule has 0 bridgehead atoms. The molecule has 20 heavy (non-hydrogen) atoms. The van der Waals surface area contributed by atoms with Crippen LogP contribution in [0.2, 0.25) is 0 Å². The molecular formula is C11H17N5O4. The largest absolute Gasteiger partial charge is 0.395 e. The highest BCUT2D eigenvalue weighted by Gasteiger charge is 2.16. The van der Waals surface area contributed by atoms with Crippen molar-refractivity contribution in [2.24, 2.45) is 7.05 Å². The van der Waals surface area contributed by atoms with E-state index in [0.29, 0.717) is 5.95 Å². The number of aromatic amines is 1. The number of fused-ring (bicyclic) bond motifs is 1. The zero-order valence-corrected chi connectivity index (χ0v) is 11.3. The number of nitrogens with zero attached hydrogens (tertiary/aromatic N) is 3. The molecule has 0 fully saturated rings. The van der Waals surface area contributed by atoms with Crippen LogP contribution in [0.1, 0.15) is 6.92 Å². The molecule has 0 spiro atoms. The Hall–Kier alpha value is -2.13. The van der Waals surface area contributed by atoms with Crippen LogP contribution >= 0.6 is 0 Å². The van der Waals surface area contributed by atoms with Gasteiger partial charge in [0.05, 0.1) is 12.7 Å². The molecule has 110 valence electrons. The number of hydrogen-bond acceptors (Lipinski definition) is 6. The van der Waals surface area contributed by atoms with Crippen molar-refractivity contribution < 1.29 is 10.2 Å². The summed E-state index contributed by atoms with van der Waals surface area (Å²) in [5, 5.41) is 21.3. The maximum Gasteiger partial charge on any atom is 0.329 e. The molecule has 4 N–H and O–H groups in total. The van der Waals surface area contributed by atoms with Gasteiger partial charge in [-0.15, -0.1) is 0 Å². The van der Waals surface area contributed by atoms with E-state index in [1.165, 1.54) is 16.2 Å². The van der Waals surface area contributed by atoms with Crippen LogP contribution in [0.4, 0.5) is 5.95 Å². The highest BCUT2D eigenvalue weighted by atomic mass is 16.3. The average Bonchev–Trinajstić information content (AvgIpc) is 2.74. The van der Waals surface area contributed by atoms with Gasteiger partial charge < -0.3 is 20.1 Å². The number of nitrogens with one attached hydrogen (secondary N) is 2. The third-order valence-corrected chi connectivity index (χ3v) is 2.89. The fourth-order valence-electron chi connectivity index (χ4n) is 1.93. The van der Waals surface area contributed by atoms with Crippen LogP contribution in [0.3, 0.4) is 0 Å². The number of aryl methyl sites for hydroxylation is 1. The van der Waals surface area contributed by atoms with E-state index in [2.05, 4.69) is 15.3 Å². The van der Waals surface area contributed by atoms with Gasteiger partial charge in [0.15, 0.2) is 11.2 Å². The van der Waals surface area contributed by atoms with E-state index in [0.717, 1.165) is 0 Å². The molecule has 9 heteroatoms. The lowest BCUT2D eigenvalue weighted by Crippen LogP contribution is -2.29. The van der Waals surface area contributed by atoms with Crippen molar-refractivity contribution >= 4 is 17.1 Å². The average molecular weight is 283 g/mol. The number of aliphatic hydroxyl groups excluding tert-OH is 2. The van der Waals surface area contributed by atoms with Gasteiger partial charge in [-0.1, -0.05) is 0 Å². The van der Waals surface area contributed by atoms with Crippen LogP contribution in [0.5, 0.6) is 0 Å². The number of aromatic nitrogens is 4. The summed E-state index contributed by atoms with van der Waals surface area (Å²) in [4.78, 5) is 29.8. The van der Waals surface area contributed by atoms with Crippen LogP contribution < -0.4 is 16.6 Å². The van der Waals surface area contributed by atoms with E-state index < -0.39 is 17.4 Å². The van der Waals surface area contributed by atoms with E-state index in [1.807, 2.05) is 0 Å². The number of rotatable bonds is 5. The second-order valence-corrected chi connectivity index (χ2v) is 4.53. The monoisotopic (exact) mass is 283 g/mol. The van der Waals surface area contributed by atoms with Gasteiger partial charge in [-0.25, -0.2) is 4.79 Å². The third kappa shape index (κ3) is 2.45. The second kappa shape index (κ2) is 5.47. The zero-order chi connectivity index (χ0) is 14.9. The molecule has 1 atom stereocenters. The van der Waals surface area contributed by atoms with Gasteiger partial charge in [-0.3, -0.25) is 14.3 Å². The lowest BCUT2D eigenvalue weighted by Gasteiger charge is -2.10. The molecule has 0 aliphatic carbocycles. The summed E-state index contributed by atoms with van der Waals surface area (Å²) < 4.78 is 2.70. The summed E-state index contributed by atoms with van der Waals surface area (Å²) in [7, 11) is 1.50. The first-order valence-corrected chi connectivity index (χ1v) is 6.18. The van der Waals surface area contributed by atoms with Gasteiger partial charge in [0.25, 0.3) is 5.56 Å². The molecule has 0 saturated heterocycles. The number of anilines is 1. The van der Waals surface area contributed by atoms with Crippen LogP contribution in [0.25, 0.3) is 11.2 Å². The SMILES string of the molecule is CC(O)CNc1nc2c(c(=O)[nH]c(=O)n2C)n1CCO. The topological polar surface area (TPSA) is 125 Å². The molecular weight excluding hydrogens is 266 g/mol. The van der Waals surface area contributed by atoms with E-state index in [9.17, 15) is 14.7 Å². The minimum atomic E-state index is -0.598. The van der Waals surface area contributed by atoms with Crippen LogP contribution in [0.15, 0.2) is 9.59 Å². The Morgan fingerprint density at radius 2 is 2.15 bits per heavy atom. The predicted molar refractivity (Wildman–Crippen MR) is 72.9 cm³/mol. The fourth-order valence-corrected chi connectivity index (χ4v) is 1.93. The van der Waals surface area contributed by atoms with Crippen molar-refractivity contribution in [3.63, 3.8) is 0 Å². The van der Waals surface area contributed by atoms with E-state index >= 15 is 0 Å². The first-order valence-electron chi connectivity index (χ1n) is 6.18. The Kier molecular flexibility index (Phi) is 3.91. The van der Waals surface area contributed by atoms with E-state index in [-0.39, 0.29) is 30.9 Å². The first kappa shape index (κ1) is 14.3. The highest BCUT2D eigenvalue weighted by molar-refractivity contribution is 5.74. The van der Waals surface area contributed by atoms with Crippen molar-refractivity contribution in [1.29, 1.82) is 0 Å². The third-order valence-electron chi connectivity index (χ3n) is 2.89. The summed E-state index contributed by atoms with van der Waals surface area (Å²) in [6.07, 6.45) is -0.598. The molecule has 0 aliphatic rings. The summed E-state index contributed by atoms with van der Waals surface area (Å²) >= 11 is 0. The zero-order valence-electron chi connectivity index (χ0n) is 11.3. The number of hydrogen-bond donors (Lipinski definition) is 4. The van der Waals surface area contributed by atoms with Crippen molar-refractivity contribution in [3.05, 3.63) is 20.8 Å². The molecule has 2 aromatic rings. The molecule has 0 saturated carbocycles. The van der Waals surface area contributed by atoms with Crippen LogP contribution in [0, 0.1) is 0 Å². The van der Waals surface area contributed by atoms with Crippen molar-refractivity contribution in [2.45, 2.75) is 19.6 Å². The molecule has 9 nitrogen and oxygen atoms in total. The molecule has 2 heterocycles. The maximum atomic E-state index is 11.9. The van der Waals surface area contributed by atoms with Gasteiger partial charge in [0.2, 0.25) is 5.95 Å². The summed E-state index contributed by atoms with van der Waals surface area (Å²) in [5.41, 5.74) is -0.693. The van der Waals surface area contributed by atoms with Crippen LogP contribution in [-0.4, -0.2) is 48.6 Å². The van der Waals surface area contributed by atoms with Gasteiger partial charge in [-0.05, 0) is 6.92 Å². The number of H-pyrrole nitrogens is 1. The van der Waals surface area contributed by atoms with Gasteiger partial charge in [-0.2, -0.15) is 4.98 Å². The predicted octanol–water partition coefficient (Wildman–Crippen LogP) is -1.79. The normalized spacial score (nSPS) is 12.8.